The lowest BCUT2D eigenvalue weighted by atomic mass is 10.1. The maximum absolute atomic E-state index is 13.6. The molecule has 1 N–H and O–H groups in total. The normalized spacial score (nSPS) is 14.2. The molecule has 0 aliphatic carbocycles. The number of nitrogens with one attached hydrogen (secondary N) is 1. The van der Waals surface area contributed by atoms with Crippen LogP contribution < -0.4 is 9.84 Å². The molecule has 2 aromatic carbocycles. The molecule has 2 rings (SSSR count). The highest BCUT2D eigenvalue weighted by Crippen LogP contribution is 2.51. The van der Waals surface area contributed by atoms with Crippen LogP contribution in [0, 0.1) is 0 Å². The minimum atomic E-state index is -5.11. The summed E-state index contributed by atoms with van der Waals surface area (Å²) >= 11 is 6.01. The second-order valence-electron chi connectivity index (χ2n) is 10.9. The van der Waals surface area contributed by atoms with Crippen molar-refractivity contribution in [3.63, 3.8) is 0 Å². The molecule has 0 aliphatic rings. The Morgan fingerprint density at radius 1 is 0.951 bits per heavy atom. The number of anilines is 1. The van der Waals surface area contributed by atoms with E-state index in [1.54, 1.807) is 0 Å². The van der Waals surface area contributed by atoms with Crippen LogP contribution in [0.5, 0.6) is 5.75 Å². The van der Waals surface area contributed by atoms with Crippen molar-refractivity contribution >= 4 is 47.9 Å². The van der Waals surface area contributed by atoms with E-state index < -0.39 is 65.3 Å². The monoisotopic (exact) mass is 663 g/mol. The van der Waals surface area contributed by atoms with Gasteiger partial charge in [0.05, 0.1) is 29.9 Å². The first-order valence-electron chi connectivity index (χ1n) is 12.7. The molecule has 1 amide bonds. The van der Waals surface area contributed by atoms with Gasteiger partial charge in [-0.1, -0.05) is 50.4 Å². The van der Waals surface area contributed by atoms with E-state index in [0.717, 1.165) is 12.1 Å². The molecule has 0 fully saturated rings. The molecular formula is C25H33ClF6NO5PSi2. The van der Waals surface area contributed by atoms with Crippen LogP contribution in [0.1, 0.15) is 27.9 Å². The number of rotatable bonds is 13. The number of alkyl halides is 6. The summed E-state index contributed by atoms with van der Waals surface area (Å²) in [6.07, 6.45) is -9.62. The first kappa shape index (κ1) is 35.4. The van der Waals surface area contributed by atoms with Crippen LogP contribution in [0.2, 0.25) is 49.8 Å². The van der Waals surface area contributed by atoms with E-state index in [4.69, 9.17) is 25.2 Å². The summed E-state index contributed by atoms with van der Waals surface area (Å²) in [5.41, 5.74) is -4.39. The maximum atomic E-state index is 13.6. The van der Waals surface area contributed by atoms with Crippen LogP contribution in [0.25, 0.3) is 0 Å². The average molecular weight is 664 g/mol. The number of halogens is 7. The van der Waals surface area contributed by atoms with Gasteiger partial charge in [0.15, 0.2) is 0 Å². The highest BCUT2D eigenvalue weighted by Gasteiger charge is 2.37. The van der Waals surface area contributed by atoms with Crippen LogP contribution in [0.4, 0.5) is 32.0 Å². The van der Waals surface area contributed by atoms with Gasteiger partial charge in [-0.15, -0.1) is 0 Å². The third kappa shape index (κ3) is 12.1. The largest absolute Gasteiger partial charge is 0.530 e. The van der Waals surface area contributed by atoms with Crippen molar-refractivity contribution in [3.8, 4) is 5.75 Å². The molecule has 0 radical (unpaired) electrons. The zero-order chi connectivity index (χ0) is 31.2. The molecule has 230 valence electrons. The summed E-state index contributed by atoms with van der Waals surface area (Å²) in [4.78, 5) is 13.1. The highest BCUT2D eigenvalue weighted by molar-refractivity contribution is 7.48. The SMILES string of the molecule is C[SiH](C)CCCOP(=O)(OCC[Si](C)(C)C)Oc1ccc(Cl)cc1C(=O)Nc1cc(C(F)(F)F)cc(C(F)(F)F)c1. The summed E-state index contributed by atoms with van der Waals surface area (Å²) in [5, 5.41) is 2.03. The summed E-state index contributed by atoms with van der Waals surface area (Å²) in [7, 11) is -6.82. The van der Waals surface area contributed by atoms with Gasteiger partial charge in [-0.05, 0) is 48.9 Å². The molecule has 0 spiro atoms. The van der Waals surface area contributed by atoms with Gasteiger partial charge >= 0.3 is 20.2 Å². The van der Waals surface area contributed by atoms with Crippen LogP contribution in [0.3, 0.4) is 0 Å². The zero-order valence-electron chi connectivity index (χ0n) is 23.2. The number of hydrogen-bond donors (Lipinski definition) is 1. The Morgan fingerprint density at radius 2 is 1.51 bits per heavy atom. The summed E-state index contributed by atoms with van der Waals surface area (Å²) < 4.78 is 110. The Kier molecular flexibility index (Phi) is 12.2. The number of amides is 1. The third-order valence-corrected chi connectivity index (χ3v) is 10.4. The fourth-order valence-corrected chi connectivity index (χ4v) is 6.62. The maximum Gasteiger partial charge on any atom is 0.530 e. The van der Waals surface area contributed by atoms with Gasteiger partial charge < -0.3 is 9.84 Å². The Hall–Kier alpha value is -1.84. The first-order valence-corrected chi connectivity index (χ1v) is 21.3. The number of hydrogen-bond acceptors (Lipinski definition) is 5. The second kappa shape index (κ2) is 14.1. The smallest absolute Gasteiger partial charge is 0.403 e. The van der Waals surface area contributed by atoms with E-state index in [9.17, 15) is 35.7 Å². The Balaban J connectivity index is 2.40. The minimum absolute atomic E-state index is 0.000170. The zero-order valence-corrected chi connectivity index (χ0v) is 27.0. The van der Waals surface area contributed by atoms with Crippen LogP contribution >= 0.6 is 19.4 Å². The number of carbonyl (C=O) groups is 1. The predicted octanol–water partition coefficient (Wildman–Crippen LogP) is 9.37. The number of benzene rings is 2. The van der Waals surface area contributed by atoms with Crippen molar-refractivity contribution in [2.45, 2.75) is 63.6 Å². The van der Waals surface area contributed by atoms with E-state index in [-0.39, 0.29) is 30.1 Å². The van der Waals surface area contributed by atoms with Crippen molar-refractivity contribution in [1.29, 1.82) is 0 Å². The average Bonchev–Trinajstić information content (AvgIpc) is 2.81. The van der Waals surface area contributed by atoms with Crippen LogP contribution in [-0.4, -0.2) is 36.0 Å². The van der Waals surface area contributed by atoms with E-state index >= 15 is 0 Å². The second-order valence-corrected chi connectivity index (χ2v) is 22.0. The van der Waals surface area contributed by atoms with Crippen molar-refractivity contribution in [3.05, 3.63) is 58.1 Å². The number of phosphoric acid groups is 1. The lowest BCUT2D eigenvalue weighted by molar-refractivity contribution is -0.143. The number of carbonyl (C=O) groups excluding carboxylic acids is 1. The van der Waals surface area contributed by atoms with Gasteiger partial charge in [-0.25, -0.2) is 4.57 Å². The Bertz CT molecular complexity index is 1220. The molecule has 16 heteroatoms. The molecule has 1 atom stereocenters. The molecule has 2 aromatic rings. The lowest BCUT2D eigenvalue weighted by Gasteiger charge is -2.22. The molecule has 0 aliphatic heterocycles. The van der Waals surface area contributed by atoms with Gasteiger partial charge in [0, 0.05) is 27.6 Å². The van der Waals surface area contributed by atoms with Gasteiger partial charge in [0.25, 0.3) is 5.91 Å². The van der Waals surface area contributed by atoms with Crippen molar-refractivity contribution in [1.82, 2.24) is 0 Å². The van der Waals surface area contributed by atoms with E-state index in [1.807, 2.05) is 5.32 Å². The van der Waals surface area contributed by atoms with Gasteiger partial charge in [0.2, 0.25) is 0 Å². The molecule has 6 nitrogen and oxygen atoms in total. The quantitative estimate of drug-likeness (QED) is 0.100. The molecular weight excluding hydrogens is 631 g/mol. The molecule has 0 saturated carbocycles. The molecule has 0 saturated heterocycles. The first-order chi connectivity index (χ1) is 18.7. The van der Waals surface area contributed by atoms with Crippen molar-refractivity contribution in [2.75, 3.05) is 18.5 Å². The van der Waals surface area contributed by atoms with Gasteiger partial charge in [-0.3, -0.25) is 13.8 Å². The Labute approximate surface area is 242 Å². The van der Waals surface area contributed by atoms with E-state index in [0.29, 0.717) is 24.6 Å². The third-order valence-electron chi connectivity index (χ3n) is 5.52. The fourth-order valence-electron chi connectivity index (χ4n) is 3.33. The highest BCUT2D eigenvalue weighted by atomic mass is 35.5. The molecule has 41 heavy (non-hydrogen) atoms. The van der Waals surface area contributed by atoms with Crippen LogP contribution in [0.15, 0.2) is 36.4 Å². The summed E-state index contributed by atoms with van der Waals surface area (Å²) in [5.74, 6) is -1.50. The fraction of sp³-hybridized carbons (Fsp3) is 0.480. The lowest BCUT2D eigenvalue weighted by Crippen LogP contribution is -2.22. The molecule has 0 aromatic heterocycles. The summed E-state index contributed by atoms with van der Waals surface area (Å²) in [6.45, 7) is 10.6. The number of phosphoric ester groups is 1. The Morgan fingerprint density at radius 3 is 2.02 bits per heavy atom. The van der Waals surface area contributed by atoms with Gasteiger partial charge in [-0.2, -0.15) is 26.3 Å². The molecule has 1 unspecified atom stereocenters. The van der Waals surface area contributed by atoms with Crippen LogP contribution in [-0.2, 0) is 26.0 Å². The molecule has 0 bridgehead atoms. The summed E-state index contributed by atoms with van der Waals surface area (Å²) in [6, 6.07) is 5.75. The van der Waals surface area contributed by atoms with E-state index in [1.165, 1.54) is 12.1 Å². The predicted molar refractivity (Wildman–Crippen MR) is 152 cm³/mol. The van der Waals surface area contributed by atoms with Gasteiger partial charge in [0.1, 0.15) is 5.75 Å². The standard InChI is InChI=1S/C25H33ClF6NO5PSi2/c1-40(2)11-6-9-36-39(35,37-10-12-41(3,4)5)38-22-8-7-19(26)16-21(22)23(34)33-20-14-17(24(27,28)29)13-18(15-20)25(30,31)32/h7-8,13-16,40H,6,9-12H2,1-5H3,(H,33,34). The molecule has 0 heterocycles. The van der Waals surface area contributed by atoms with Crippen molar-refractivity contribution in [2.24, 2.45) is 0 Å². The minimum Gasteiger partial charge on any atom is -0.403 e. The van der Waals surface area contributed by atoms with Crippen molar-refractivity contribution < 1.29 is 49.3 Å². The topological polar surface area (TPSA) is 73.9 Å². The van der Waals surface area contributed by atoms with E-state index in [2.05, 4.69) is 32.7 Å².